The Morgan fingerprint density at radius 1 is 0.964 bits per heavy atom. The molecule has 0 atom stereocenters. The van der Waals surface area contributed by atoms with Crippen LogP contribution in [0.15, 0.2) is 72.8 Å². The van der Waals surface area contributed by atoms with Gasteiger partial charge >= 0.3 is 6.03 Å². The molecule has 0 saturated carbocycles. The average Bonchev–Trinajstić information content (AvgIpc) is 3.13. The fourth-order valence-electron chi connectivity index (χ4n) is 3.04. The fourth-order valence-corrected chi connectivity index (χ4v) is 3.04. The molecule has 28 heavy (non-hydrogen) atoms. The van der Waals surface area contributed by atoms with E-state index >= 15 is 0 Å². The number of phenols is 1. The number of fused-ring (bicyclic) bond motifs is 1. The molecule has 4 aromatic rings. The van der Waals surface area contributed by atoms with E-state index in [1.54, 1.807) is 25.3 Å². The zero-order chi connectivity index (χ0) is 19.5. The first-order valence-corrected chi connectivity index (χ1v) is 8.75. The van der Waals surface area contributed by atoms with Crippen molar-refractivity contribution in [3.63, 3.8) is 0 Å². The van der Waals surface area contributed by atoms with E-state index in [9.17, 15) is 9.90 Å². The van der Waals surface area contributed by atoms with Crippen LogP contribution in [-0.4, -0.2) is 23.2 Å². The quantitative estimate of drug-likeness (QED) is 0.371. The number of anilines is 2. The van der Waals surface area contributed by atoms with Gasteiger partial charge in [0.15, 0.2) is 0 Å². The van der Waals surface area contributed by atoms with E-state index in [4.69, 9.17) is 4.74 Å². The number of urea groups is 1. The van der Waals surface area contributed by atoms with Gasteiger partial charge < -0.3 is 25.5 Å². The van der Waals surface area contributed by atoms with E-state index in [0.29, 0.717) is 17.1 Å². The minimum absolute atomic E-state index is 0.139. The van der Waals surface area contributed by atoms with E-state index in [-0.39, 0.29) is 5.75 Å². The summed E-state index contributed by atoms with van der Waals surface area (Å²) < 4.78 is 5.31. The van der Waals surface area contributed by atoms with Crippen LogP contribution in [0.4, 0.5) is 16.2 Å². The number of para-hydroxylation sites is 1. The van der Waals surface area contributed by atoms with Crippen molar-refractivity contribution in [2.75, 3.05) is 17.7 Å². The van der Waals surface area contributed by atoms with E-state index in [1.807, 2.05) is 42.5 Å². The summed E-state index contributed by atoms with van der Waals surface area (Å²) in [5, 5.41) is 16.1. The van der Waals surface area contributed by atoms with Gasteiger partial charge in [-0.3, -0.25) is 0 Å². The number of ether oxygens (including phenoxy) is 1. The number of hydrogen-bond donors (Lipinski definition) is 4. The molecule has 0 radical (unpaired) electrons. The summed E-state index contributed by atoms with van der Waals surface area (Å²) in [6.07, 6.45) is 0. The first-order valence-electron chi connectivity index (χ1n) is 8.75. The largest absolute Gasteiger partial charge is 0.508 e. The Hall–Kier alpha value is -3.93. The maximum atomic E-state index is 12.5. The molecule has 4 rings (SSSR count). The number of H-pyrrole nitrogens is 1. The number of carbonyl (C=O) groups excluding carboxylic acids is 1. The number of methoxy groups -OCH3 is 1. The molecular formula is C22H19N3O3. The Morgan fingerprint density at radius 3 is 2.50 bits per heavy atom. The molecule has 0 aliphatic heterocycles. The summed E-state index contributed by atoms with van der Waals surface area (Å²) in [6, 6.07) is 21.4. The first-order chi connectivity index (χ1) is 13.6. The molecule has 0 unspecified atom stereocenters. The Balaban J connectivity index is 1.64. The van der Waals surface area contributed by atoms with Crippen molar-refractivity contribution in [3.05, 3.63) is 72.8 Å². The Labute approximate surface area is 161 Å². The van der Waals surface area contributed by atoms with Crippen molar-refractivity contribution >= 4 is 28.3 Å². The van der Waals surface area contributed by atoms with Crippen LogP contribution in [0.1, 0.15) is 0 Å². The van der Waals surface area contributed by atoms with Crippen LogP contribution in [0, 0.1) is 0 Å². The topological polar surface area (TPSA) is 86.4 Å². The molecule has 1 heterocycles. The number of benzene rings is 3. The third-order valence-corrected chi connectivity index (χ3v) is 4.42. The third kappa shape index (κ3) is 3.61. The predicted molar refractivity (Wildman–Crippen MR) is 111 cm³/mol. The standard InChI is InChI=1S/C22H19N3O3/c1-28-17-10-11-18(20-12-14-4-2-3-5-19(14)24-20)21(13-17)25-22(27)23-15-6-8-16(26)9-7-15/h2-13,24,26H,1H3,(H2,23,25,27). The fraction of sp³-hybridized carbons (Fsp3) is 0.0455. The summed E-state index contributed by atoms with van der Waals surface area (Å²) >= 11 is 0. The normalized spacial score (nSPS) is 10.6. The number of amides is 2. The van der Waals surface area contributed by atoms with Crippen LogP contribution in [0.3, 0.4) is 0 Å². The molecule has 4 N–H and O–H groups in total. The molecule has 0 aliphatic rings. The smallest absolute Gasteiger partial charge is 0.323 e. The molecule has 2 amide bonds. The second kappa shape index (κ2) is 7.36. The van der Waals surface area contributed by atoms with Crippen molar-refractivity contribution in [3.8, 4) is 22.8 Å². The molecule has 3 aromatic carbocycles. The van der Waals surface area contributed by atoms with Gasteiger partial charge in [-0.1, -0.05) is 18.2 Å². The van der Waals surface area contributed by atoms with Crippen LogP contribution in [-0.2, 0) is 0 Å². The second-order valence-electron chi connectivity index (χ2n) is 6.31. The molecule has 0 saturated heterocycles. The van der Waals surface area contributed by atoms with Crippen molar-refractivity contribution < 1.29 is 14.6 Å². The van der Waals surface area contributed by atoms with E-state index in [2.05, 4.69) is 15.6 Å². The molecular weight excluding hydrogens is 354 g/mol. The number of phenolic OH excluding ortho intramolecular Hbond substituents is 1. The number of carbonyl (C=O) groups is 1. The van der Waals surface area contributed by atoms with Gasteiger partial charge in [0.2, 0.25) is 0 Å². The van der Waals surface area contributed by atoms with Crippen LogP contribution >= 0.6 is 0 Å². The lowest BCUT2D eigenvalue weighted by molar-refractivity contribution is 0.262. The number of hydrogen-bond acceptors (Lipinski definition) is 3. The zero-order valence-corrected chi connectivity index (χ0v) is 15.2. The zero-order valence-electron chi connectivity index (χ0n) is 15.2. The lowest BCUT2D eigenvalue weighted by atomic mass is 10.1. The average molecular weight is 373 g/mol. The van der Waals surface area contributed by atoms with Crippen LogP contribution < -0.4 is 15.4 Å². The van der Waals surface area contributed by atoms with Gasteiger partial charge in [0.25, 0.3) is 0 Å². The monoisotopic (exact) mass is 373 g/mol. The van der Waals surface area contributed by atoms with Crippen molar-refractivity contribution in [1.29, 1.82) is 0 Å². The summed E-state index contributed by atoms with van der Waals surface area (Å²) in [4.78, 5) is 15.9. The molecule has 0 fully saturated rings. The second-order valence-corrected chi connectivity index (χ2v) is 6.31. The van der Waals surface area contributed by atoms with Crippen LogP contribution in [0.2, 0.25) is 0 Å². The van der Waals surface area contributed by atoms with Gasteiger partial charge in [0.1, 0.15) is 11.5 Å². The van der Waals surface area contributed by atoms with Gasteiger partial charge in [-0.2, -0.15) is 0 Å². The molecule has 6 nitrogen and oxygen atoms in total. The minimum atomic E-state index is -0.392. The summed E-state index contributed by atoms with van der Waals surface area (Å²) in [5.74, 6) is 0.777. The Bertz CT molecular complexity index is 1100. The van der Waals surface area contributed by atoms with Gasteiger partial charge in [-0.25, -0.2) is 4.79 Å². The van der Waals surface area contributed by atoms with Crippen molar-refractivity contribution in [2.24, 2.45) is 0 Å². The lowest BCUT2D eigenvalue weighted by Crippen LogP contribution is -2.19. The molecule has 0 bridgehead atoms. The lowest BCUT2D eigenvalue weighted by Gasteiger charge is -2.13. The number of aromatic amines is 1. The third-order valence-electron chi connectivity index (χ3n) is 4.42. The maximum Gasteiger partial charge on any atom is 0.323 e. The number of aromatic hydroxyl groups is 1. The van der Waals surface area contributed by atoms with Crippen molar-refractivity contribution in [1.82, 2.24) is 4.98 Å². The maximum absolute atomic E-state index is 12.5. The molecule has 140 valence electrons. The Kier molecular flexibility index (Phi) is 4.60. The summed E-state index contributed by atoms with van der Waals surface area (Å²) in [6.45, 7) is 0. The molecule has 6 heteroatoms. The molecule has 0 aliphatic carbocycles. The Morgan fingerprint density at radius 2 is 1.75 bits per heavy atom. The van der Waals surface area contributed by atoms with Gasteiger partial charge in [0, 0.05) is 33.9 Å². The first kappa shape index (κ1) is 17.5. The van der Waals surface area contributed by atoms with Crippen LogP contribution in [0.25, 0.3) is 22.2 Å². The van der Waals surface area contributed by atoms with Gasteiger partial charge in [-0.05, 0) is 48.5 Å². The highest BCUT2D eigenvalue weighted by Gasteiger charge is 2.12. The van der Waals surface area contributed by atoms with Gasteiger partial charge in [0.05, 0.1) is 12.8 Å². The highest BCUT2D eigenvalue weighted by molar-refractivity contribution is 6.03. The number of nitrogens with one attached hydrogen (secondary N) is 3. The number of aromatic nitrogens is 1. The van der Waals surface area contributed by atoms with Gasteiger partial charge in [-0.15, -0.1) is 0 Å². The van der Waals surface area contributed by atoms with Crippen molar-refractivity contribution in [2.45, 2.75) is 0 Å². The highest BCUT2D eigenvalue weighted by atomic mass is 16.5. The SMILES string of the molecule is COc1ccc(-c2cc3ccccc3[nH]2)c(NC(=O)Nc2ccc(O)cc2)c1. The van der Waals surface area contributed by atoms with E-state index < -0.39 is 6.03 Å². The minimum Gasteiger partial charge on any atom is -0.508 e. The molecule has 1 aromatic heterocycles. The van der Waals surface area contributed by atoms with E-state index in [0.717, 1.165) is 22.2 Å². The summed E-state index contributed by atoms with van der Waals surface area (Å²) in [5.41, 5.74) is 3.95. The van der Waals surface area contributed by atoms with Crippen LogP contribution in [0.5, 0.6) is 11.5 Å². The molecule has 0 spiro atoms. The summed E-state index contributed by atoms with van der Waals surface area (Å²) in [7, 11) is 1.58. The number of rotatable bonds is 4. The van der Waals surface area contributed by atoms with E-state index in [1.165, 1.54) is 12.1 Å². The highest BCUT2D eigenvalue weighted by Crippen LogP contribution is 2.33. The predicted octanol–water partition coefficient (Wildman–Crippen LogP) is 5.19.